The van der Waals surface area contributed by atoms with E-state index in [1.807, 2.05) is 22.9 Å². The van der Waals surface area contributed by atoms with Gasteiger partial charge in [-0.3, -0.25) is 19.6 Å². The van der Waals surface area contributed by atoms with E-state index < -0.39 is 6.04 Å². The molecule has 220 valence electrons. The van der Waals surface area contributed by atoms with Crippen molar-refractivity contribution in [2.75, 3.05) is 39.2 Å². The molecular weight excluding hydrogens is 526 g/mol. The summed E-state index contributed by atoms with van der Waals surface area (Å²) in [6, 6.07) is 7.21. The highest BCUT2D eigenvalue weighted by atomic mass is 16.5. The van der Waals surface area contributed by atoms with Crippen molar-refractivity contribution < 1.29 is 19.1 Å². The molecule has 1 saturated carbocycles. The Bertz CT molecular complexity index is 1280. The second-order valence-corrected chi connectivity index (χ2v) is 10.7. The fourth-order valence-corrected chi connectivity index (χ4v) is 5.85. The van der Waals surface area contributed by atoms with Crippen LogP contribution < -0.4 is 20.1 Å². The van der Waals surface area contributed by atoms with Gasteiger partial charge >= 0.3 is 0 Å². The van der Waals surface area contributed by atoms with Crippen molar-refractivity contribution in [3.05, 3.63) is 30.0 Å². The fraction of sp³-hybridized carbons (Fsp3) is 0.571. The van der Waals surface area contributed by atoms with Crippen molar-refractivity contribution in [2.24, 2.45) is 0 Å². The zero-order chi connectivity index (χ0) is 28.6. The number of ether oxygens (including phenoxy) is 2. The summed E-state index contributed by atoms with van der Waals surface area (Å²) in [6.45, 7) is 2.86. The number of tetrazole rings is 1. The quantitative estimate of drug-likeness (QED) is 0.301. The molecule has 0 unspecified atom stereocenters. The highest BCUT2D eigenvalue weighted by molar-refractivity contribution is 5.95. The number of carbonyl (C=O) groups is 2. The van der Waals surface area contributed by atoms with E-state index in [1.165, 1.54) is 19.3 Å². The molecule has 5 rings (SSSR count). The van der Waals surface area contributed by atoms with E-state index in [1.54, 1.807) is 20.3 Å². The van der Waals surface area contributed by atoms with Crippen LogP contribution in [0.4, 0.5) is 5.95 Å². The molecule has 3 aromatic rings. The number of anilines is 1. The second kappa shape index (κ2) is 13.6. The molecule has 0 radical (unpaired) electrons. The SMILES string of the molecule is COc1cccc(OC)c1-c1cc(C(=O)N[C@@H](CCN2CCCCC2)CC(=O)Nc2nnn[nH]2)nn1C1CCCC1. The highest BCUT2D eigenvalue weighted by Crippen LogP contribution is 2.41. The number of likely N-dealkylation sites (tertiary alicyclic amines) is 1. The lowest BCUT2D eigenvalue weighted by atomic mass is 10.1. The van der Waals surface area contributed by atoms with Gasteiger partial charge in [0.2, 0.25) is 11.9 Å². The van der Waals surface area contributed by atoms with Gasteiger partial charge in [0, 0.05) is 19.0 Å². The fourth-order valence-electron chi connectivity index (χ4n) is 5.85. The van der Waals surface area contributed by atoms with Crippen LogP contribution in [0, 0.1) is 0 Å². The third-order valence-corrected chi connectivity index (χ3v) is 7.94. The van der Waals surface area contributed by atoms with Crippen LogP contribution in [0.2, 0.25) is 0 Å². The summed E-state index contributed by atoms with van der Waals surface area (Å²) < 4.78 is 13.3. The summed E-state index contributed by atoms with van der Waals surface area (Å²) in [5, 5.41) is 23.8. The number of aromatic nitrogens is 6. The van der Waals surface area contributed by atoms with Gasteiger partial charge in [-0.15, -0.1) is 0 Å². The molecule has 0 spiro atoms. The number of hydrogen-bond donors (Lipinski definition) is 3. The molecule has 3 heterocycles. The molecule has 13 nitrogen and oxygen atoms in total. The van der Waals surface area contributed by atoms with Crippen LogP contribution in [0.15, 0.2) is 24.3 Å². The molecule has 1 aliphatic heterocycles. The molecule has 13 heteroatoms. The van der Waals surface area contributed by atoms with Gasteiger partial charge < -0.3 is 19.7 Å². The summed E-state index contributed by atoms with van der Waals surface area (Å²) in [4.78, 5) is 28.9. The van der Waals surface area contributed by atoms with Crippen LogP contribution in [0.3, 0.4) is 0 Å². The number of nitrogens with one attached hydrogen (secondary N) is 3. The number of nitrogens with zero attached hydrogens (tertiary/aromatic N) is 6. The number of amides is 2. The number of aromatic amines is 1. The molecule has 1 aromatic carbocycles. The first-order valence-electron chi connectivity index (χ1n) is 14.4. The molecule has 2 amide bonds. The number of methoxy groups -OCH3 is 2. The normalized spacial score (nSPS) is 16.8. The third kappa shape index (κ3) is 7.02. The molecule has 0 bridgehead atoms. The Hall–Kier alpha value is -4.00. The Kier molecular flexibility index (Phi) is 9.44. The van der Waals surface area contributed by atoms with E-state index in [4.69, 9.17) is 14.6 Å². The predicted octanol–water partition coefficient (Wildman–Crippen LogP) is 3.20. The predicted molar refractivity (Wildman–Crippen MR) is 152 cm³/mol. The van der Waals surface area contributed by atoms with Gasteiger partial charge in [0.25, 0.3) is 5.91 Å². The first-order chi connectivity index (χ1) is 20.1. The van der Waals surface area contributed by atoms with Gasteiger partial charge in [0.05, 0.1) is 31.5 Å². The van der Waals surface area contributed by atoms with Gasteiger partial charge in [-0.25, -0.2) is 5.10 Å². The van der Waals surface area contributed by atoms with Crippen molar-refractivity contribution in [3.63, 3.8) is 0 Å². The number of rotatable bonds is 12. The van der Waals surface area contributed by atoms with Crippen molar-refractivity contribution in [1.29, 1.82) is 0 Å². The maximum absolute atomic E-state index is 13.7. The molecule has 1 aliphatic carbocycles. The second-order valence-electron chi connectivity index (χ2n) is 10.7. The van der Waals surface area contributed by atoms with Gasteiger partial charge in [0.15, 0.2) is 5.69 Å². The zero-order valence-electron chi connectivity index (χ0n) is 23.8. The van der Waals surface area contributed by atoms with Crippen LogP contribution in [-0.2, 0) is 4.79 Å². The molecule has 1 saturated heterocycles. The molecule has 2 fully saturated rings. The number of piperidine rings is 1. The lowest BCUT2D eigenvalue weighted by Crippen LogP contribution is -2.41. The maximum Gasteiger partial charge on any atom is 0.272 e. The van der Waals surface area contributed by atoms with E-state index in [0.717, 1.165) is 56.6 Å². The first kappa shape index (κ1) is 28.5. The Balaban J connectivity index is 1.39. The van der Waals surface area contributed by atoms with Crippen molar-refractivity contribution >= 4 is 17.8 Å². The molecular formula is C28H39N9O4. The van der Waals surface area contributed by atoms with Crippen LogP contribution in [0.1, 0.15) is 74.3 Å². The number of hydrogen-bond acceptors (Lipinski definition) is 9. The standard InChI is InChI=1S/C28H39N9O4/c1-40-23-11-8-12-24(41-2)26(23)22-18-21(33-37(22)20-9-4-5-10-20)27(39)29-19(13-16-36-14-6-3-7-15-36)17-25(38)30-28-31-34-35-32-28/h8,11-12,18-20H,3-7,9-10,13-17H2,1-2H3,(H,29,39)(H2,30,31,32,34,35,38)/t19-/m0/s1. The Morgan fingerprint density at radius 1 is 1.07 bits per heavy atom. The minimum atomic E-state index is -0.402. The third-order valence-electron chi connectivity index (χ3n) is 7.94. The molecule has 1 atom stereocenters. The summed E-state index contributed by atoms with van der Waals surface area (Å²) in [5.74, 6) is 0.849. The van der Waals surface area contributed by atoms with Crippen molar-refractivity contribution in [2.45, 2.75) is 69.9 Å². The Labute approximate surface area is 239 Å². The molecule has 3 N–H and O–H groups in total. The first-order valence-corrected chi connectivity index (χ1v) is 14.4. The largest absolute Gasteiger partial charge is 0.496 e. The lowest BCUT2D eigenvalue weighted by Gasteiger charge is -2.28. The van der Waals surface area contributed by atoms with Crippen molar-refractivity contribution in [3.8, 4) is 22.8 Å². The van der Waals surface area contributed by atoms with Crippen LogP contribution in [-0.4, -0.2) is 87.0 Å². The van der Waals surface area contributed by atoms with Crippen molar-refractivity contribution in [1.82, 2.24) is 40.6 Å². The highest BCUT2D eigenvalue weighted by Gasteiger charge is 2.28. The molecule has 2 aliphatic rings. The molecule has 2 aromatic heterocycles. The van der Waals surface area contributed by atoms with Crippen LogP contribution >= 0.6 is 0 Å². The Morgan fingerprint density at radius 2 is 1.80 bits per heavy atom. The number of carbonyl (C=O) groups excluding carboxylic acids is 2. The number of benzene rings is 1. The Morgan fingerprint density at radius 3 is 2.46 bits per heavy atom. The van der Waals surface area contributed by atoms with E-state index in [0.29, 0.717) is 23.6 Å². The summed E-state index contributed by atoms with van der Waals surface area (Å²) in [7, 11) is 3.24. The van der Waals surface area contributed by atoms with E-state index >= 15 is 0 Å². The van der Waals surface area contributed by atoms with Crippen LogP contribution in [0.25, 0.3) is 11.3 Å². The monoisotopic (exact) mass is 565 g/mol. The smallest absolute Gasteiger partial charge is 0.272 e. The zero-order valence-corrected chi connectivity index (χ0v) is 23.8. The summed E-state index contributed by atoms with van der Waals surface area (Å²) in [6.07, 6.45) is 8.50. The average molecular weight is 566 g/mol. The van der Waals surface area contributed by atoms with E-state index in [9.17, 15) is 9.59 Å². The van der Waals surface area contributed by atoms with Gasteiger partial charge in [-0.05, 0) is 73.8 Å². The molecule has 41 heavy (non-hydrogen) atoms. The maximum atomic E-state index is 13.7. The van der Waals surface area contributed by atoms with Gasteiger partial charge in [-0.2, -0.15) is 5.10 Å². The minimum absolute atomic E-state index is 0.0802. The summed E-state index contributed by atoms with van der Waals surface area (Å²) in [5.41, 5.74) is 1.83. The van der Waals surface area contributed by atoms with E-state index in [-0.39, 0.29) is 30.2 Å². The minimum Gasteiger partial charge on any atom is -0.496 e. The van der Waals surface area contributed by atoms with Gasteiger partial charge in [-0.1, -0.05) is 30.4 Å². The van der Waals surface area contributed by atoms with Crippen LogP contribution in [0.5, 0.6) is 11.5 Å². The number of H-pyrrole nitrogens is 1. The topological polar surface area (TPSA) is 152 Å². The van der Waals surface area contributed by atoms with Gasteiger partial charge in [0.1, 0.15) is 11.5 Å². The summed E-state index contributed by atoms with van der Waals surface area (Å²) >= 11 is 0. The van der Waals surface area contributed by atoms with E-state index in [2.05, 4.69) is 36.2 Å². The lowest BCUT2D eigenvalue weighted by molar-refractivity contribution is -0.116. The average Bonchev–Trinajstić information content (AvgIpc) is 3.78.